The second-order valence-corrected chi connectivity index (χ2v) is 11.2. The molecule has 1 aliphatic rings. The van der Waals surface area contributed by atoms with Gasteiger partial charge >= 0.3 is 0 Å². The predicted octanol–water partition coefficient (Wildman–Crippen LogP) is 1.52. The number of hydrogen-bond acceptors (Lipinski definition) is 6. The van der Waals surface area contributed by atoms with Gasteiger partial charge in [-0.2, -0.15) is 0 Å². The molecule has 1 aromatic carbocycles. The molecule has 0 aliphatic carbocycles. The van der Waals surface area contributed by atoms with E-state index in [1.165, 1.54) is 17.0 Å². The molecule has 130 valence electrons. The minimum atomic E-state index is -3.68. The molecule has 0 spiro atoms. The molecule has 2 aromatic rings. The van der Waals surface area contributed by atoms with Crippen LogP contribution in [0.25, 0.3) is 0 Å². The van der Waals surface area contributed by atoms with Crippen molar-refractivity contribution < 1.29 is 16.8 Å². The van der Waals surface area contributed by atoms with Gasteiger partial charge in [0.05, 0.1) is 21.7 Å². The van der Waals surface area contributed by atoms with E-state index >= 15 is 0 Å². The van der Waals surface area contributed by atoms with Gasteiger partial charge in [0, 0.05) is 17.5 Å². The van der Waals surface area contributed by atoms with Gasteiger partial charge in [0.15, 0.2) is 19.7 Å². The molecule has 1 fully saturated rings. The van der Waals surface area contributed by atoms with Gasteiger partial charge in [-0.05, 0) is 30.0 Å². The Balaban J connectivity index is 1.76. The molecule has 1 saturated heterocycles. The molecule has 2 unspecified atom stereocenters. The molecule has 8 heteroatoms. The van der Waals surface area contributed by atoms with Crippen molar-refractivity contribution in [3.8, 4) is 0 Å². The number of rotatable bonds is 6. The summed E-state index contributed by atoms with van der Waals surface area (Å²) in [6.07, 6.45) is 0.756. The highest BCUT2D eigenvalue weighted by atomic mass is 32.2. The van der Waals surface area contributed by atoms with Crippen molar-refractivity contribution in [1.82, 2.24) is 5.32 Å². The van der Waals surface area contributed by atoms with Crippen LogP contribution in [0.2, 0.25) is 0 Å². The van der Waals surface area contributed by atoms with Gasteiger partial charge in [-0.1, -0.05) is 24.3 Å². The molecule has 0 amide bonds. The molecule has 2 heterocycles. The number of thiophene rings is 1. The van der Waals surface area contributed by atoms with Gasteiger partial charge in [-0.15, -0.1) is 11.3 Å². The first-order chi connectivity index (χ1) is 11.4. The highest BCUT2D eigenvalue weighted by Crippen LogP contribution is 2.26. The van der Waals surface area contributed by atoms with Crippen LogP contribution >= 0.6 is 11.3 Å². The standard InChI is InChI=1S/C16H19NO4S3/c18-23(19)11-15(17-9-8-13-5-4-10-22-13)16(12-23)24(20,21)14-6-2-1-3-7-14/h1-7,10,15-17H,8-9,11-12H2. The van der Waals surface area contributed by atoms with Crippen LogP contribution in [0.3, 0.4) is 0 Å². The van der Waals surface area contributed by atoms with Gasteiger partial charge in [-0.3, -0.25) is 0 Å². The highest BCUT2D eigenvalue weighted by molar-refractivity contribution is 7.96. The maximum absolute atomic E-state index is 12.8. The van der Waals surface area contributed by atoms with Gasteiger partial charge in [0.1, 0.15) is 0 Å². The average molecular weight is 386 g/mol. The molecule has 0 radical (unpaired) electrons. The van der Waals surface area contributed by atoms with Crippen molar-refractivity contribution in [2.24, 2.45) is 0 Å². The Hall–Kier alpha value is -1.22. The summed E-state index contributed by atoms with van der Waals surface area (Å²) in [6, 6.07) is 11.5. The maximum Gasteiger partial charge on any atom is 0.183 e. The number of sulfone groups is 2. The van der Waals surface area contributed by atoms with Crippen LogP contribution in [0.5, 0.6) is 0 Å². The monoisotopic (exact) mass is 385 g/mol. The van der Waals surface area contributed by atoms with Crippen molar-refractivity contribution in [3.63, 3.8) is 0 Å². The number of benzene rings is 1. The van der Waals surface area contributed by atoms with Crippen molar-refractivity contribution >= 4 is 31.0 Å². The van der Waals surface area contributed by atoms with Crippen molar-refractivity contribution in [1.29, 1.82) is 0 Å². The second-order valence-electron chi connectivity index (χ2n) is 5.86. The Bertz CT molecular complexity index is 875. The third kappa shape index (κ3) is 3.88. The molecule has 2 atom stereocenters. The van der Waals surface area contributed by atoms with E-state index in [0.29, 0.717) is 6.54 Å². The Morgan fingerprint density at radius 2 is 1.83 bits per heavy atom. The largest absolute Gasteiger partial charge is 0.311 e. The van der Waals surface area contributed by atoms with Gasteiger partial charge in [0.2, 0.25) is 0 Å². The summed E-state index contributed by atoms with van der Waals surface area (Å²) in [6.45, 7) is 0.557. The molecule has 1 aromatic heterocycles. The van der Waals surface area contributed by atoms with Crippen LogP contribution in [0.4, 0.5) is 0 Å². The summed E-state index contributed by atoms with van der Waals surface area (Å²) in [7, 11) is -7.04. The van der Waals surface area contributed by atoms with Crippen LogP contribution in [0.1, 0.15) is 4.88 Å². The van der Waals surface area contributed by atoms with Crippen molar-refractivity contribution in [3.05, 3.63) is 52.7 Å². The van der Waals surface area contributed by atoms with Gasteiger partial charge in [-0.25, -0.2) is 16.8 Å². The fourth-order valence-electron chi connectivity index (χ4n) is 2.93. The van der Waals surface area contributed by atoms with E-state index in [0.717, 1.165) is 6.42 Å². The molecule has 3 rings (SSSR count). The van der Waals surface area contributed by atoms with E-state index in [4.69, 9.17) is 0 Å². The highest BCUT2D eigenvalue weighted by Gasteiger charge is 2.45. The minimum Gasteiger partial charge on any atom is -0.311 e. The third-order valence-corrected chi connectivity index (χ3v) is 9.23. The molecule has 0 bridgehead atoms. The Morgan fingerprint density at radius 1 is 1.08 bits per heavy atom. The SMILES string of the molecule is O=S1(=O)CC(NCCc2cccs2)C(S(=O)(=O)c2ccccc2)C1. The van der Waals surface area contributed by atoms with E-state index in [2.05, 4.69) is 5.32 Å². The molecule has 5 nitrogen and oxygen atoms in total. The van der Waals surface area contributed by atoms with E-state index < -0.39 is 31.0 Å². The minimum absolute atomic E-state index is 0.131. The first-order valence-electron chi connectivity index (χ1n) is 7.64. The fourth-order valence-corrected chi connectivity index (χ4v) is 8.38. The van der Waals surface area contributed by atoms with Gasteiger partial charge in [0.25, 0.3) is 0 Å². The molecular weight excluding hydrogens is 366 g/mol. The zero-order valence-electron chi connectivity index (χ0n) is 13.0. The summed E-state index contributed by atoms with van der Waals surface area (Å²) < 4.78 is 49.7. The van der Waals surface area contributed by atoms with Crippen molar-refractivity contribution in [2.75, 3.05) is 18.1 Å². The molecular formula is C16H19NO4S3. The van der Waals surface area contributed by atoms with Crippen LogP contribution in [-0.2, 0) is 26.1 Å². The summed E-state index contributed by atoms with van der Waals surface area (Å²) in [5.41, 5.74) is 0. The van der Waals surface area contributed by atoms with E-state index in [9.17, 15) is 16.8 Å². The van der Waals surface area contributed by atoms with Crippen LogP contribution in [0, 0.1) is 0 Å². The first kappa shape index (κ1) is 17.6. The van der Waals surface area contributed by atoms with Gasteiger partial charge < -0.3 is 5.32 Å². The molecule has 24 heavy (non-hydrogen) atoms. The van der Waals surface area contributed by atoms with Crippen LogP contribution < -0.4 is 5.32 Å². The van der Waals surface area contributed by atoms with Crippen molar-refractivity contribution in [2.45, 2.75) is 22.6 Å². The smallest absolute Gasteiger partial charge is 0.183 e. The fraction of sp³-hybridized carbons (Fsp3) is 0.375. The molecule has 1 aliphatic heterocycles. The van der Waals surface area contributed by atoms with Crippen LogP contribution in [-0.4, -0.2) is 46.2 Å². The number of hydrogen-bond donors (Lipinski definition) is 1. The van der Waals surface area contributed by atoms with E-state index in [1.54, 1.807) is 29.5 Å². The summed E-state index contributed by atoms with van der Waals surface area (Å²) in [4.78, 5) is 1.36. The topological polar surface area (TPSA) is 80.3 Å². The normalized spacial score (nSPS) is 23.3. The Labute approximate surface area is 146 Å². The maximum atomic E-state index is 12.8. The lowest BCUT2D eigenvalue weighted by Crippen LogP contribution is -2.44. The summed E-state index contributed by atoms with van der Waals surface area (Å²) >= 11 is 1.63. The Kier molecular flexibility index (Phi) is 5.10. The predicted molar refractivity (Wildman–Crippen MR) is 95.9 cm³/mol. The molecule has 1 N–H and O–H groups in total. The second kappa shape index (κ2) is 6.95. The average Bonchev–Trinajstić information content (AvgIpc) is 3.16. The summed E-state index contributed by atoms with van der Waals surface area (Å²) in [5, 5.41) is 4.20. The summed E-state index contributed by atoms with van der Waals surface area (Å²) in [5.74, 6) is -0.449. The zero-order chi connectivity index (χ0) is 17.2. The molecule has 0 saturated carbocycles. The van der Waals surface area contributed by atoms with Crippen LogP contribution in [0.15, 0.2) is 52.7 Å². The lowest BCUT2D eigenvalue weighted by Gasteiger charge is -2.19. The lowest BCUT2D eigenvalue weighted by atomic mass is 10.2. The zero-order valence-corrected chi connectivity index (χ0v) is 15.4. The first-order valence-corrected chi connectivity index (χ1v) is 11.9. The Morgan fingerprint density at radius 3 is 2.50 bits per heavy atom. The lowest BCUT2D eigenvalue weighted by molar-refractivity contribution is 0.529. The van der Waals surface area contributed by atoms with E-state index in [1.807, 2.05) is 17.5 Å². The van der Waals surface area contributed by atoms with E-state index in [-0.39, 0.29) is 16.4 Å². The third-order valence-electron chi connectivity index (χ3n) is 4.13. The quantitative estimate of drug-likeness (QED) is 0.815. The number of nitrogens with one attached hydrogen (secondary N) is 1.